The van der Waals surface area contributed by atoms with Gasteiger partial charge in [0.25, 0.3) is 5.69 Å². The zero-order chi connectivity index (χ0) is 14.0. The highest BCUT2D eigenvalue weighted by atomic mass is 16.6. The number of nitro groups is 1. The fourth-order valence-electron chi connectivity index (χ4n) is 2.50. The van der Waals surface area contributed by atoms with Gasteiger partial charge in [-0.05, 0) is 18.4 Å². The summed E-state index contributed by atoms with van der Waals surface area (Å²) in [5.74, 6) is 0.514. The van der Waals surface area contributed by atoms with Crippen molar-refractivity contribution in [2.75, 3.05) is 30.8 Å². The molecule has 1 aliphatic rings. The predicted octanol–water partition coefficient (Wildman–Crippen LogP) is 2.04. The molecule has 104 valence electrons. The summed E-state index contributed by atoms with van der Waals surface area (Å²) in [4.78, 5) is 12.4. The van der Waals surface area contributed by atoms with Crippen LogP contribution in [0.25, 0.3) is 0 Å². The predicted molar refractivity (Wildman–Crippen MR) is 74.3 cm³/mol. The minimum absolute atomic E-state index is 0.0231. The number of nitrogens with two attached hydrogens (primary N) is 1. The van der Waals surface area contributed by atoms with Crippen molar-refractivity contribution < 1.29 is 9.66 Å². The van der Waals surface area contributed by atoms with Crippen molar-refractivity contribution in [3.05, 3.63) is 28.3 Å². The summed E-state index contributed by atoms with van der Waals surface area (Å²) in [7, 11) is 1.71. The highest BCUT2D eigenvalue weighted by Crippen LogP contribution is 2.31. The molecule has 0 saturated carbocycles. The number of rotatable bonds is 3. The zero-order valence-corrected chi connectivity index (χ0v) is 11.2. The van der Waals surface area contributed by atoms with Gasteiger partial charge in [0.2, 0.25) is 0 Å². The molecule has 0 amide bonds. The van der Waals surface area contributed by atoms with Crippen LogP contribution in [-0.4, -0.2) is 31.2 Å². The van der Waals surface area contributed by atoms with Gasteiger partial charge in [-0.25, -0.2) is 0 Å². The number of ether oxygens (including phenoxy) is 1. The van der Waals surface area contributed by atoms with Crippen molar-refractivity contribution in [2.24, 2.45) is 5.92 Å². The van der Waals surface area contributed by atoms with Crippen LogP contribution in [0.2, 0.25) is 0 Å². The molecule has 2 atom stereocenters. The van der Waals surface area contributed by atoms with E-state index in [4.69, 9.17) is 10.5 Å². The normalized spacial score (nSPS) is 23.4. The third-order valence-corrected chi connectivity index (χ3v) is 3.75. The van der Waals surface area contributed by atoms with Gasteiger partial charge in [-0.1, -0.05) is 6.92 Å². The van der Waals surface area contributed by atoms with Crippen molar-refractivity contribution in [1.82, 2.24) is 0 Å². The Morgan fingerprint density at radius 3 is 2.84 bits per heavy atom. The number of nitro benzene ring substituents is 1. The van der Waals surface area contributed by atoms with Gasteiger partial charge in [-0.2, -0.15) is 0 Å². The fourth-order valence-corrected chi connectivity index (χ4v) is 2.50. The van der Waals surface area contributed by atoms with Crippen molar-refractivity contribution in [3.8, 4) is 0 Å². The van der Waals surface area contributed by atoms with Gasteiger partial charge in [0.05, 0.1) is 22.4 Å². The number of non-ortho nitro benzene ring substituents is 1. The Labute approximate surface area is 112 Å². The van der Waals surface area contributed by atoms with E-state index in [1.54, 1.807) is 13.2 Å². The lowest BCUT2D eigenvalue weighted by atomic mass is 9.95. The monoisotopic (exact) mass is 265 g/mol. The number of nitrogen functional groups attached to an aromatic ring is 1. The van der Waals surface area contributed by atoms with Crippen LogP contribution in [0.5, 0.6) is 0 Å². The maximum Gasteiger partial charge on any atom is 0.271 e. The van der Waals surface area contributed by atoms with E-state index < -0.39 is 4.92 Å². The van der Waals surface area contributed by atoms with Gasteiger partial charge in [-0.3, -0.25) is 10.1 Å². The lowest BCUT2D eigenvalue weighted by Gasteiger charge is -2.38. The van der Waals surface area contributed by atoms with Crippen molar-refractivity contribution in [2.45, 2.75) is 19.4 Å². The molecular weight excluding hydrogens is 246 g/mol. The summed E-state index contributed by atoms with van der Waals surface area (Å²) < 4.78 is 5.47. The molecular formula is C13H19N3O3. The first-order valence-electron chi connectivity index (χ1n) is 6.34. The Balaban J connectivity index is 2.20. The van der Waals surface area contributed by atoms with Crippen molar-refractivity contribution in [3.63, 3.8) is 0 Å². The zero-order valence-electron chi connectivity index (χ0n) is 11.2. The molecule has 2 rings (SSSR count). The van der Waals surface area contributed by atoms with E-state index in [0.717, 1.165) is 25.2 Å². The third-order valence-electron chi connectivity index (χ3n) is 3.75. The smallest absolute Gasteiger partial charge is 0.271 e. The molecule has 2 unspecified atom stereocenters. The van der Waals surface area contributed by atoms with E-state index in [1.165, 1.54) is 12.1 Å². The van der Waals surface area contributed by atoms with E-state index >= 15 is 0 Å². The molecule has 0 spiro atoms. The van der Waals surface area contributed by atoms with Gasteiger partial charge in [0, 0.05) is 32.3 Å². The molecule has 2 N–H and O–H groups in total. The first kappa shape index (κ1) is 13.6. The maximum atomic E-state index is 10.7. The SMILES string of the molecule is COC1CN(c2ccc([N+](=O)[O-])cc2N)CCC1C. The number of piperidine rings is 1. The average Bonchev–Trinajstić information content (AvgIpc) is 2.39. The first-order valence-corrected chi connectivity index (χ1v) is 6.34. The van der Waals surface area contributed by atoms with Crippen LogP contribution in [-0.2, 0) is 4.74 Å². The molecule has 0 radical (unpaired) electrons. The minimum Gasteiger partial charge on any atom is -0.397 e. The van der Waals surface area contributed by atoms with Crippen LogP contribution >= 0.6 is 0 Å². The number of hydrogen-bond donors (Lipinski definition) is 1. The van der Waals surface area contributed by atoms with Crippen LogP contribution < -0.4 is 10.6 Å². The largest absolute Gasteiger partial charge is 0.397 e. The first-order chi connectivity index (χ1) is 9.02. The summed E-state index contributed by atoms with van der Waals surface area (Å²) >= 11 is 0. The molecule has 0 aromatic heterocycles. The Bertz CT molecular complexity index is 478. The molecule has 1 aromatic rings. The van der Waals surface area contributed by atoms with Crippen molar-refractivity contribution in [1.29, 1.82) is 0 Å². The number of anilines is 2. The van der Waals surface area contributed by atoms with Gasteiger partial charge < -0.3 is 15.4 Å². The number of nitrogens with zero attached hydrogens (tertiary/aromatic N) is 2. The third kappa shape index (κ3) is 2.78. The number of hydrogen-bond acceptors (Lipinski definition) is 5. The summed E-state index contributed by atoms with van der Waals surface area (Å²) in [6, 6.07) is 4.62. The van der Waals surface area contributed by atoms with E-state index in [-0.39, 0.29) is 11.8 Å². The van der Waals surface area contributed by atoms with Gasteiger partial charge in [0.1, 0.15) is 0 Å². The minimum atomic E-state index is -0.434. The summed E-state index contributed by atoms with van der Waals surface area (Å²) in [6.07, 6.45) is 1.19. The van der Waals surface area contributed by atoms with Crippen LogP contribution in [0.4, 0.5) is 17.1 Å². The van der Waals surface area contributed by atoms with Crippen LogP contribution in [0.3, 0.4) is 0 Å². The Hall–Kier alpha value is -1.82. The molecule has 0 bridgehead atoms. The van der Waals surface area contributed by atoms with Crippen LogP contribution in [0.15, 0.2) is 18.2 Å². The van der Waals surface area contributed by atoms with Crippen molar-refractivity contribution >= 4 is 17.1 Å². The van der Waals surface area contributed by atoms with E-state index in [0.29, 0.717) is 11.6 Å². The summed E-state index contributed by atoms with van der Waals surface area (Å²) in [5.41, 5.74) is 7.24. The van der Waals surface area contributed by atoms with Crippen LogP contribution in [0.1, 0.15) is 13.3 Å². The lowest BCUT2D eigenvalue weighted by Crippen LogP contribution is -2.44. The van der Waals surface area contributed by atoms with E-state index in [1.807, 2.05) is 0 Å². The fraction of sp³-hybridized carbons (Fsp3) is 0.538. The quantitative estimate of drug-likeness (QED) is 0.514. The van der Waals surface area contributed by atoms with Gasteiger partial charge in [-0.15, -0.1) is 0 Å². The highest BCUT2D eigenvalue weighted by Gasteiger charge is 2.27. The average molecular weight is 265 g/mol. The Kier molecular flexibility index (Phi) is 3.90. The molecule has 1 fully saturated rings. The number of benzene rings is 1. The molecule has 0 aliphatic carbocycles. The second-order valence-electron chi connectivity index (χ2n) is 4.99. The topological polar surface area (TPSA) is 81.6 Å². The van der Waals surface area contributed by atoms with E-state index in [9.17, 15) is 10.1 Å². The maximum absolute atomic E-state index is 10.7. The highest BCUT2D eigenvalue weighted by molar-refractivity contribution is 5.70. The molecule has 6 heteroatoms. The summed E-state index contributed by atoms with van der Waals surface area (Å²) in [5, 5.41) is 10.7. The molecule has 1 aliphatic heterocycles. The van der Waals surface area contributed by atoms with E-state index in [2.05, 4.69) is 11.8 Å². The standard InChI is InChI=1S/C13H19N3O3/c1-9-5-6-15(8-13(9)19-2)12-4-3-10(16(17)18)7-11(12)14/h3-4,7,9,13H,5-6,8,14H2,1-2H3. The second kappa shape index (κ2) is 5.44. The molecule has 6 nitrogen and oxygen atoms in total. The molecule has 1 heterocycles. The van der Waals surface area contributed by atoms with Crippen LogP contribution in [0, 0.1) is 16.0 Å². The molecule has 1 aromatic carbocycles. The second-order valence-corrected chi connectivity index (χ2v) is 4.99. The Morgan fingerprint density at radius 1 is 1.53 bits per heavy atom. The van der Waals surface area contributed by atoms with Gasteiger partial charge in [0.15, 0.2) is 0 Å². The lowest BCUT2D eigenvalue weighted by molar-refractivity contribution is -0.384. The number of methoxy groups -OCH3 is 1. The molecule has 19 heavy (non-hydrogen) atoms. The Morgan fingerprint density at radius 2 is 2.26 bits per heavy atom. The molecule has 1 saturated heterocycles. The van der Waals surface area contributed by atoms with Gasteiger partial charge >= 0.3 is 0 Å². The summed E-state index contributed by atoms with van der Waals surface area (Å²) in [6.45, 7) is 3.83.